The van der Waals surface area contributed by atoms with E-state index in [0.29, 0.717) is 18.9 Å². The van der Waals surface area contributed by atoms with E-state index in [1.165, 1.54) is 5.56 Å². The van der Waals surface area contributed by atoms with Gasteiger partial charge in [0.1, 0.15) is 17.3 Å². The maximum Gasteiger partial charge on any atom is 0.244 e. The average molecular weight is 372 g/mol. The number of ether oxygens (including phenoxy) is 1. The Morgan fingerprint density at radius 2 is 1.85 bits per heavy atom. The highest BCUT2D eigenvalue weighted by atomic mass is 32.2. The molecular weight excluding hydrogens is 348 g/mol. The molecule has 0 amide bonds. The number of fused-ring (bicyclic) bond motifs is 1. The second-order valence-electron chi connectivity index (χ2n) is 7.24. The highest BCUT2D eigenvalue weighted by Gasteiger charge is 2.42. The Morgan fingerprint density at radius 1 is 1.08 bits per heavy atom. The van der Waals surface area contributed by atoms with Crippen LogP contribution >= 0.6 is 0 Å². The summed E-state index contributed by atoms with van der Waals surface area (Å²) in [6.45, 7) is 2.95. The van der Waals surface area contributed by atoms with E-state index in [0.717, 1.165) is 32.4 Å². The van der Waals surface area contributed by atoms with Crippen LogP contribution in [0.5, 0.6) is 5.75 Å². The Labute approximate surface area is 155 Å². The van der Waals surface area contributed by atoms with Crippen molar-refractivity contribution in [1.82, 2.24) is 9.62 Å². The van der Waals surface area contributed by atoms with Crippen molar-refractivity contribution in [2.45, 2.75) is 29.7 Å². The molecular formula is C20H24N2O3S. The molecule has 2 heterocycles. The van der Waals surface area contributed by atoms with Gasteiger partial charge in [0.2, 0.25) is 10.0 Å². The van der Waals surface area contributed by atoms with Crippen molar-refractivity contribution in [3.63, 3.8) is 0 Å². The first kappa shape index (κ1) is 17.5. The first-order chi connectivity index (χ1) is 12.6. The molecule has 4 rings (SSSR count). The molecule has 2 aromatic carbocycles. The van der Waals surface area contributed by atoms with Crippen LogP contribution < -0.4 is 9.46 Å². The summed E-state index contributed by atoms with van der Waals surface area (Å²) in [6.07, 6.45) is 2.71. The standard InChI is InChI=1S/C20H24N2O3S/c23-26(24)19-10-5-4-9-18(19)25-16-20(21-26)12-6-13-22(15-20)14-11-17-7-2-1-3-8-17/h1-5,7-10,21H,6,11-16H2. The maximum absolute atomic E-state index is 12.8. The fourth-order valence-electron chi connectivity index (χ4n) is 3.93. The van der Waals surface area contributed by atoms with Crippen molar-refractivity contribution in [2.24, 2.45) is 0 Å². The largest absolute Gasteiger partial charge is 0.490 e. The van der Waals surface area contributed by atoms with Crippen LogP contribution in [-0.4, -0.2) is 45.1 Å². The summed E-state index contributed by atoms with van der Waals surface area (Å²) in [6, 6.07) is 17.3. The molecule has 26 heavy (non-hydrogen) atoms. The van der Waals surface area contributed by atoms with Gasteiger partial charge >= 0.3 is 0 Å². The molecule has 0 aliphatic carbocycles. The van der Waals surface area contributed by atoms with Gasteiger partial charge in [-0.25, -0.2) is 13.1 Å². The third-order valence-corrected chi connectivity index (χ3v) is 6.83. The highest BCUT2D eigenvalue weighted by molar-refractivity contribution is 7.89. The molecule has 0 bridgehead atoms. The van der Waals surface area contributed by atoms with E-state index < -0.39 is 15.6 Å². The molecule has 0 aromatic heterocycles. The third kappa shape index (κ3) is 3.63. The lowest BCUT2D eigenvalue weighted by atomic mass is 9.90. The predicted molar refractivity (Wildman–Crippen MR) is 101 cm³/mol. The minimum absolute atomic E-state index is 0.235. The van der Waals surface area contributed by atoms with E-state index in [1.54, 1.807) is 24.3 Å². The number of para-hydroxylation sites is 1. The number of hydrogen-bond acceptors (Lipinski definition) is 4. The van der Waals surface area contributed by atoms with Gasteiger partial charge in [-0.15, -0.1) is 0 Å². The van der Waals surface area contributed by atoms with Crippen molar-refractivity contribution in [1.29, 1.82) is 0 Å². The molecule has 1 spiro atoms. The molecule has 2 aliphatic rings. The molecule has 2 aliphatic heterocycles. The monoisotopic (exact) mass is 372 g/mol. The molecule has 2 aromatic rings. The smallest absolute Gasteiger partial charge is 0.244 e. The van der Waals surface area contributed by atoms with E-state index >= 15 is 0 Å². The van der Waals surface area contributed by atoms with Gasteiger partial charge < -0.3 is 9.64 Å². The summed E-state index contributed by atoms with van der Waals surface area (Å²) < 4.78 is 34.6. The number of nitrogens with zero attached hydrogens (tertiary/aromatic N) is 1. The Morgan fingerprint density at radius 3 is 2.69 bits per heavy atom. The van der Waals surface area contributed by atoms with E-state index in [9.17, 15) is 8.42 Å². The van der Waals surface area contributed by atoms with Crippen molar-refractivity contribution >= 4 is 10.0 Å². The van der Waals surface area contributed by atoms with Crippen LogP contribution in [0.25, 0.3) is 0 Å². The van der Waals surface area contributed by atoms with E-state index in [-0.39, 0.29) is 4.90 Å². The summed E-state index contributed by atoms with van der Waals surface area (Å²) in [7, 11) is -3.58. The molecule has 1 atom stereocenters. The maximum atomic E-state index is 12.8. The van der Waals surface area contributed by atoms with Crippen molar-refractivity contribution in [2.75, 3.05) is 26.2 Å². The van der Waals surface area contributed by atoms with Crippen molar-refractivity contribution < 1.29 is 13.2 Å². The fraction of sp³-hybridized carbons (Fsp3) is 0.400. The molecule has 1 saturated heterocycles. The van der Waals surface area contributed by atoms with Crippen molar-refractivity contribution in [3.8, 4) is 5.75 Å². The normalized spacial score (nSPS) is 25.2. The van der Waals surface area contributed by atoms with E-state index in [1.807, 2.05) is 6.07 Å². The first-order valence-electron chi connectivity index (χ1n) is 9.09. The van der Waals surface area contributed by atoms with Crippen LogP contribution in [0.3, 0.4) is 0 Å². The molecule has 0 radical (unpaired) electrons. The van der Waals surface area contributed by atoms with Gasteiger partial charge in [-0.05, 0) is 43.5 Å². The number of likely N-dealkylation sites (tertiary alicyclic amines) is 1. The summed E-state index contributed by atoms with van der Waals surface area (Å²) in [4.78, 5) is 2.58. The number of rotatable bonds is 3. The second kappa shape index (κ2) is 7.02. The Hall–Kier alpha value is -1.89. The minimum Gasteiger partial charge on any atom is -0.490 e. The lowest BCUT2D eigenvalue weighted by Crippen LogP contribution is -2.61. The fourth-order valence-corrected chi connectivity index (χ4v) is 5.48. The molecule has 5 nitrogen and oxygen atoms in total. The lowest BCUT2D eigenvalue weighted by molar-refractivity contribution is 0.0954. The molecule has 6 heteroatoms. The third-order valence-electron chi connectivity index (χ3n) is 5.21. The van der Waals surface area contributed by atoms with Crippen LogP contribution in [0.1, 0.15) is 18.4 Å². The average Bonchev–Trinajstić information content (AvgIpc) is 2.76. The summed E-state index contributed by atoms with van der Waals surface area (Å²) in [5.74, 6) is 0.443. The minimum atomic E-state index is -3.58. The van der Waals surface area contributed by atoms with Crippen LogP contribution in [0.2, 0.25) is 0 Å². The molecule has 1 N–H and O–H groups in total. The zero-order chi connectivity index (χ0) is 18.0. The Bertz CT molecular complexity index is 870. The molecule has 0 saturated carbocycles. The van der Waals surface area contributed by atoms with Gasteiger partial charge in [-0.3, -0.25) is 0 Å². The zero-order valence-corrected chi connectivity index (χ0v) is 15.5. The van der Waals surface area contributed by atoms with Gasteiger partial charge in [0.05, 0.1) is 5.54 Å². The van der Waals surface area contributed by atoms with Gasteiger partial charge in [0, 0.05) is 13.1 Å². The number of benzene rings is 2. The SMILES string of the molecule is O=S1(=O)NC2(CCCN(CCc3ccccc3)C2)COc2ccccc21. The number of hydrogen-bond donors (Lipinski definition) is 1. The summed E-state index contributed by atoms with van der Waals surface area (Å²) in [5.41, 5.74) is 0.740. The van der Waals surface area contributed by atoms with Crippen LogP contribution in [0.4, 0.5) is 0 Å². The number of piperidine rings is 1. The van der Waals surface area contributed by atoms with E-state index in [2.05, 4.69) is 33.9 Å². The van der Waals surface area contributed by atoms with Gasteiger partial charge in [-0.1, -0.05) is 42.5 Å². The summed E-state index contributed by atoms with van der Waals surface area (Å²) in [5, 5.41) is 0. The van der Waals surface area contributed by atoms with Gasteiger partial charge in [-0.2, -0.15) is 0 Å². The second-order valence-corrected chi connectivity index (χ2v) is 8.89. The van der Waals surface area contributed by atoms with Gasteiger partial charge in [0.15, 0.2) is 0 Å². The lowest BCUT2D eigenvalue weighted by Gasteiger charge is -2.41. The number of nitrogens with one attached hydrogen (secondary N) is 1. The van der Waals surface area contributed by atoms with Crippen molar-refractivity contribution in [3.05, 3.63) is 60.2 Å². The van der Waals surface area contributed by atoms with Crippen LogP contribution in [0.15, 0.2) is 59.5 Å². The quantitative estimate of drug-likeness (QED) is 0.899. The topological polar surface area (TPSA) is 58.6 Å². The Balaban J connectivity index is 1.50. The Kier molecular flexibility index (Phi) is 4.73. The van der Waals surface area contributed by atoms with Crippen LogP contribution in [0, 0.1) is 0 Å². The predicted octanol–water partition coefficient (Wildman–Crippen LogP) is 2.43. The molecule has 1 unspecified atom stereocenters. The molecule has 1 fully saturated rings. The molecule has 138 valence electrons. The zero-order valence-electron chi connectivity index (χ0n) is 14.7. The van der Waals surface area contributed by atoms with E-state index in [4.69, 9.17) is 4.74 Å². The highest BCUT2D eigenvalue weighted by Crippen LogP contribution is 2.32. The van der Waals surface area contributed by atoms with Gasteiger partial charge in [0.25, 0.3) is 0 Å². The number of sulfonamides is 1. The summed E-state index contributed by atoms with van der Waals surface area (Å²) >= 11 is 0. The first-order valence-corrected chi connectivity index (χ1v) is 10.6. The van der Waals surface area contributed by atoms with Crippen LogP contribution in [-0.2, 0) is 16.4 Å².